The summed E-state index contributed by atoms with van der Waals surface area (Å²) in [5.41, 5.74) is 1.97. The van der Waals surface area contributed by atoms with E-state index < -0.39 is 5.60 Å². The van der Waals surface area contributed by atoms with E-state index in [1.165, 1.54) is 0 Å². The number of fused-ring (bicyclic) bond motifs is 2. The first kappa shape index (κ1) is 22.1. The SMILES string of the molecule is O=C(C[C@@]1(O)CC(NC(=O)c2cc3cc(Cl)ccc3[nH]2)Cc2ccccc21)Nc1cccnc1. The van der Waals surface area contributed by atoms with E-state index in [1.54, 1.807) is 42.7 Å². The Labute approximate surface area is 201 Å². The molecule has 2 aromatic heterocycles. The fraction of sp³-hybridized carbons (Fsp3) is 0.192. The van der Waals surface area contributed by atoms with E-state index in [-0.39, 0.29) is 30.7 Å². The normalized spacial score (nSPS) is 19.4. The van der Waals surface area contributed by atoms with Gasteiger partial charge in [-0.05, 0) is 53.9 Å². The first-order valence-corrected chi connectivity index (χ1v) is 11.4. The molecule has 0 spiro atoms. The number of carbonyl (C=O) groups excluding carboxylic acids is 2. The summed E-state index contributed by atoms with van der Waals surface area (Å²) >= 11 is 6.06. The van der Waals surface area contributed by atoms with Crippen LogP contribution in [-0.4, -0.2) is 32.9 Å². The zero-order chi connectivity index (χ0) is 23.7. The Balaban J connectivity index is 1.35. The summed E-state index contributed by atoms with van der Waals surface area (Å²) in [5, 5.41) is 18.9. The van der Waals surface area contributed by atoms with Crippen LogP contribution >= 0.6 is 11.6 Å². The molecule has 0 saturated carbocycles. The minimum Gasteiger partial charge on any atom is -0.385 e. The number of amides is 2. The molecule has 2 amide bonds. The number of nitrogens with one attached hydrogen (secondary N) is 3. The number of carbonyl (C=O) groups is 2. The molecule has 0 radical (unpaired) electrons. The molecule has 0 bridgehead atoms. The van der Waals surface area contributed by atoms with Crippen molar-refractivity contribution in [3.05, 3.63) is 94.9 Å². The van der Waals surface area contributed by atoms with Gasteiger partial charge in [0.25, 0.3) is 5.91 Å². The third-order valence-corrected chi connectivity index (χ3v) is 6.37. The summed E-state index contributed by atoms with van der Waals surface area (Å²) < 4.78 is 0. The number of hydrogen-bond donors (Lipinski definition) is 4. The highest BCUT2D eigenvalue weighted by Crippen LogP contribution is 2.38. The molecule has 2 aromatic carbocycles. The molecule has 8 heteroatoms. The van der Waals surface area contributed by atoms with Gasteiger partial charge in [-0.15, -0.1) is 0 Å². The molecule has 5 rings (SSSR count). The second-order valence-corrected chi connectivity index (χ2v) is 9.09. The van der Waals surface area contributed by atoms with Gasteiger partial charge in [0.2, 0.25) is 5.91 Å². The topological polar surface area (TPSA) is 107 Å². The van der Waals surface area contributed by atoms with Crippen molar-refractivity contribution in [3.8, 4) is 0 Å². The average molecular weight is 475 g/mol. The Morgan fingerprint density at radius 3 is 2.82 bits per heavy atom. The van der Waals surface area contributed by atoms with Crippen molar-refractivity contribution in [2.24, 2.45) is 0 Å². The van der Waals surface area contributed by atoms with Crippen LogP contribution in [0.2, 0.25) is 5.02 Å². The van der Waals surface area contributed by atoms with Gasteiger partial charge in [0, 0.05) is 34.6 Å². The van der Waals surface area contributed by atoms with Crippen molar-refractivity contribution in [2.45, 2.75) is 30.9 Å². The third-order valence-electron chi connectivity index (χ3n) is 6.13. The van der Waals surface area contributed by atoms with Crippen molar-refractivity contribution < 1.29 is 14.7 Å². The Morgan fingerprint density at radius 1 is 1.15 bits per heavy atom. The van der Waals surface area contributed by atoms with Gasteiger partial charge in [-0.25, -0.2) is 0 Å². The van der Waals surface area contributed by atoms with Gasteiger partial charge in [-0.1, -0.05) is 35.9 Å². The maximum atomic E-state index is 13.0. The number of anilines is 1. The molecule has 7 nitrogen and oxygen atoms in total. The largest absolute Gasteiger partial charge is 0.385 e. The fourth-order valence-electron chi connectivity index (χ4n) is 4.67. The first-order chi connectivity index (χ1) is 16.4. The van der Waals surface area contributed by atoms with Crippen LogP contribution in [-0.2, 0) is 16.8 Å². The highest BCUT2D eigenvalue weighted by Gasteiger charge is 2.41. The van der Waals surface area contributed by atoms with Crippen molar-refractivity contribution in [1.82, 2.24) is 15.3 Å². The van der Waals surface area contributed by atoms with Gasteiger partial charge in [0.05, 0.1) is 18.3 Å². The van der Waals surface area contributed by atoms with Gasteiger partial charge < -0.3 is 20.7 Å². The highest BCUT2D eigenvalue weighted by molar-refractivity contribution is 6.31. The molecule has 172 valence electrons. The maximum Gasteiger partial charge on any atom is 0.267 e. The van der Waals surface area contributed by atoms with Crippen molar-refractivity contribution in [3.63, 3.8) is 0 Å². The molecule has 0 saturated heterocycles. The molecule has 2 atom stereocenters. The van der Waals surface area contributed by atoms with E-state index in [4.69, 9.17) is 11.6 Å². The summed E-state index contributed by atoms with van der Waals surface area (Å²) in [5.74, 6) is -0.608. The standard InChI is InChI=1S/C26H23ClN4O3/c27-18-7-8-22-17(10-18)12-23(31-22)25(33)30-20-11-16-4-1-2-6-21(16)26(34,13-20)14-24(32)29-19-5-3-9-28-15-19/h1-10,12,15,20,31,34H,11,13-14H2,(H,29,32)(H,30,33)/t20?,26-/m0/s1. The number of halogens is 1. The van der Waals surface area contributed by atoms with E-state index in [0.717, 1.165) is 16.5 Å². The number of aromatic nitrogens is 2. The van der Waals surface area contributed by atoms with Gasteiger partial charge >= 0.3 is 0 Å². The summed E-state index contributed by atoms with van der Waals surface area (Å²) in [4.78, 5) is 32.9. The minimum atomic E-state index is -1.42. The summed E-state index contributed by atoms with van der Waals surface area (Å²) in [6.45, 7) is 0. The van der Waals surface area contributed by atoms with Gasteiger partial charge in [0.15, 0.2) is 0 Å². The number of H-pyrrole nitrogens is 1. The Morgan fingerprint density at radius 2 is 2.00 bits per heavy atom. The highest BCUT2D eigenvalue weighted by atomic mass is 35.5. The number of aliphatic hydroxyl groups is 1. The zero-order valence-corrected chi connectivity index (χ0v) is 19.0. The lowest BCUT2D eigenvalue weighted by Gasteiger charge is -2.38. The number of rotatable bonds is 5. The van der Waals surface area contributed by atoms with E-state index in [1.807, 2.05) is 30.3 Å². The molecule has 0 fully saturated rings. The molecular formula is C26H23ClN4O3. The van der Waals surface area contributed by atoms with Crippen molar-refractivity contribution in [2.75, 3.05) is 5.32 Å². The van der Waals surface area contributed by atoms with Crippen LogP contribution < -0.4 is 10.6 Å². The number of aromatic amines is 1. The number of benzene rings is 2. The predicted octanol–water partition coefficient (Wildman–Crippen LogP) is 4.18. The van der Waals surface area contributed by atoms with Crippen LogP contribution in [0, 0.1) is 0 Å². The molecule has 34 heavy (non-hydrogen) atoms. The lowest BCUT2D eigenvalue weighted by molar-refractivity contribution is -0.122. The molecule has 2 heterocycles. The second kappa shape index (κ2) is 8.93. The number of hydrogen-bond acceptors (Lipinski definition) is 4. The number of nitrogens with zero attached hydrogens (tertiary/aromatic N) is 1. The predicted molar refractivity (Wildman–Crippen MR) is 131 cm³/mol. The molecule has 4 N–H and O–H groups in total. The van der Waals surface area contributed by atoms with Crippen LogP contribution in [0.4, 0.5) is 5.69 Å². The van der Waals surface area contributed by atoms with Crippen molar-refractivity contribution in [1.29, 1.82) is 0 Å². The molecule has 1 aliphatic carbocycles. The number of pyridine rings is 1. The Hall–Kier alpha value is -3.68. The smallest absolute Gasteiger partial charge is 0.267 e. The first-order valence-electron chi connectivity index (χ1n) is 11.0. The summed E-state index contributed by atoms with van der Waals surface area (Å²) in [6.07, 6.45) is 3.79. The Bertz CT molecular complexity index is 1370. The van der Waals surface area contributed by atoms with Gasteiger partial charge in [-0.3, -0.25) is 14.6 Å². The minimum absolute atomic E-state index is 0.143. The van der Waals surface area contributed by atoms with Crippen molar-refractivity contribution >= 4 is 40.0 Å². The van der Waals surface area contributed by atoms with E-state index >= 15 is 0 Å². The van der Waals surface area contributed by atoms with E-state index in [9.17, 15) is 14.7 Å². The zero-order valence-electron chi connectivity index (χ0n) is 18.2. The molecular weight excluding hydrogens is 452 g/mol. The third kappa shape index (κ3) is 4.53. The molecule has 4 aromatic rings. The Kier molecular flexibility index (Phi) is 5.81. The van der Waals surface area contributed by atoms with Crippen LogP contribution in [0.5, 0.6) is 0 Å². The average Bonchev–Trinajstić information content (AvgIpc) is 3.23. The fourth-order valence-corrected chi connectivity index (χ4v) is 4.85. The van der Waals surface area contributed by atoms with E-state index in [0.29, 0.717) is 28.4 Å². The second-order valence-electron chi connectivity index (χ2n) is 8.65. The lowest BCUT2D eigenvalue weighted by Crippen LogP contribution is -2.47. The monoisotopic (exact) mass is 474 g/mol. The van der Waals surface area contributed by atoms with Crippen LogP contribution in [0.1, 0.15) is 34.5 Å². The quantitative estimate of drug-likeness (QED) is 0.348. The molecule has 1 aliphatic rings. The summed E-state index contributed by atoms with van der Waals surface area (Å²) in [7, 11) is 0. The van der Waals surface area contributed by atoms with Gasteiger partial charge in [-0.2, -0.15) is 0 Å². The molecule has 1 unspecified atom stereocenters. The molecule has 0 aliphatic heterocycles. The van der Waals surface area contributed by atoms with E-state index in [2.05, 4.69) is 20.6 Å². The van der Waals surface area contributed by atoms with Crippen LogP contribution in [0.3, 0.4) is 0 Å². The van der Waals surface area contributed by atoms with Gasteiger partial charge in [0.1, 0.15) is 11.3 Å². The van der Waals surface area contributed by atoms with Crippen LogP contribution in [0.15, 0.2) is 73.1 Å². The maximum absolute atomic E-state index is 13.0. The summed E-state index contributed by atoms with van der Waals surface area (Å²) in [6, 6.07) is 17.7. The lowest BCUT2D eigenvalue weighted by atomic mass is 9.74. The van der Waals surface area contributed by atoms with Crippen LogP contribution in [0.25, 0.3) is 10.9 Å².